The van der Waals surface area contributed by atoms with Gasteiger partial charge < -0.3 is 24.3 Å². The summed E-state index contributed by atoms with van der Waals surface area (Å²) in [6, 6.07) is 9.08. The number of amides is 2. The van der Waals surface area contributed by atoms with Crippen LogP contribution in [0.4, 0.5) is 11.4 Å². The first kappa shape index (κ1) is 21.5. The largest absolute Gasteiger partial charge is 0.459 e. The van der Waals surface area contributed by atoms with E-state index >= 15 is 0 Å². The molecule has 0 aliphatic carbocycles. The Kier molecular flexibility index (Phi) is 7.63. The van der Waals surface area contributed by atoms with Crippen molar-refractivity contribution in [1.29, 1.82) is 0 Å². The summed E-state index contributed by atoms with van der Waals surface area (Å²) in [7, 11) is 5.37. The molecule has 0 saturated carbocycles. The number of rotatable bonds is 9. The molecule has 0 saturated heterocycles. The van der Waals surface area contributed by atoms with Crippen molar-refractivity contribution in [3.63, 3.8) is 0 Å². The molecular formula is C21H29N3O4. The predicted octanol–water partition coefficient (Wildman–Crippen LogP) is 3.37. The lowest BCUT2D eigenvalue weighted by atomic mass is 10.1. The van der Waals surface area contributed by atoms with Crippen molar-refractivity contribution in [2.75, 3.05) is 38.0 Å². The van der Waals surface area contributed by atoms with Gasteiger partial charge in [0.25, 0.3) is 5.91 Å². The van der Waals surface area contributed by atoms with E-state index in [2.05, 4.69) is 5.32 Å². The topological polar surface area (TPSA) is 75.0 Å². The summed E-state index contributed by atoms with van der Waals surface area (Å²) in [4.78, 5) is 28.6. The zero-order chi connectivity index (χ0) is 20.7. The van der Waals surface area contributed by atoms with Crippen LogP contribution < -0.4 is 10.2 Å². The van der Waals surface area contributed by atoms with Crippen molar-refractivity contribution < 1.29 is 18.7 Å². The van der Waals surface area contributed by atoms with Crippen molar-refractivity contribution in [3.8, 4) is 0 Å². The molecule has 7 heteroatoms. The molecule has 0 radical (unpaired) electrons. The van der Waals surface area contributed by atoms with Crippen LogP contribution in [0, 0.1) is 0 Å². The van der Waals surface area contributed by atoms with Crippen LogP contribution in [-0.2, 0) is 16.1 Å². The van der Waals surface area contributed by atoms with E-state index in [1.54, 1.807) is 17.0 Å². The molecule has 1 aromatic heterocycles. The number of carbonyl (C=O) groups excluding carboxylic acids is 2. The van der Waals surface area contributed by atoms with E-state index in [9.17, 15) is 9.59 Å². The molecule has 0 unspecified atom stereocenters. The average Bonchev–Trinajstić information content (AvgIpc) is 3.19. The van der Waals surface area contributed by atoms with E-state index in [0.29, 0.717) is 18.0 Å². The Bertz CT molecular complexity index is 787. The molecule has 1 N–H and O–H groups in total. The molecule has 152 valence electrons. The van der Waals surface area contributed by atoms with Crippen LogP contribution in [-0.4, -0.2) is 50.6 Å². The summed E-state index contributed by atoms with van der Waals surface area (Å²) < 4.78 is 10.2. The maximum atomic E-state index is 13.0. The number of furan rings is 1. The number of benzene rings is 1. The van der Waals surface area contributed by atoms with Crippen molar-refractivity contribution in [1.82, 2.24) is 4.90 Å². The van der Waals surface area contributed by atoms with E-state index in [1.807, 2.05) is 51.0 Å². The Hall–Kier alpha value is -2.80. The molecule has 0 bridgehead atoms. The number of ether oxygens (including phenoxy) is 1. The van der Waals surface area contributed by atoms with Crippen molar-refractivity contribution >= 4 is 23.2 Å². The lowest BCUT2D eigenvalue weighted by Crippen LogP contribution is -2.38. The molecule has 7 nitrogen and oxygen atoms in total. The number of methoxy groups -OCH3 is 1. The van der Waals surface area contributed by atoms with Crippen LogP contribution in [0.3, 0.4) is 0 Å². The van der Waals surface area contributed by atoms with E-state index in [1.165, 1.54) is 13.4 Å². The number of anilines is 2. The molecule has 0 spiro atoms. The Morgan fingerprint density at radius 3 is 2.57 bits per heavy atom. The van der Waals surface area contributed by atoms with Gasteiger partial charge in [0, 0.05) is 45.2 Å². The van der Waals surface area contributed by atoms with Gasteiger partial charge in [0.05, 0.1) is 6.26 Å². The van der Waals surface area contributed by atoms with Gasteiger partial charge in [-0.25, -0.2) is 0 Å². The summed E-state index contributed by atoms with van der Waals surface area (Å²) in [5.74, 6) is -0.0642. The fraction of sp³-hybridized carbons (Fsp3) is 0.429. The van der Waals surface area contributed by atoms with Crippen LogP contribution in [0.15, 0.2) is 41.0 Å². The summed E-state index contributed by atoms with van der Waals surface area (Å²) in [6.07, 6.45) is 2.31. The second-order valence-corrected chi connectivity index (χ2v) is 6.89. The smallest absolute Gasteiger partial charge is 0.290 e. The number of hydrogen-bond donors (Lipinski definition) is 1. The summed E-state index contributed by atoms with van der Waals surface area (Å²) in [6.45, 7) is 4.44. The predicted molar refractivity (Wildman–Crippen MR) is 110 cm³/mol. The quantitative estimate of drug-likeness (QED) is 0.714. The molecule has 0 fully saturated rings. The first-order valence-corrected chi connectivity index (χ1v) is 9.30. The summed E-state index contributed by atoms with van der Waals surface area (Å²) >= 11 is 0. The molecule has 1 heterocycles. The molecule has 1 atom stereocenters. The molecule has 0 aliphatic heterocycles. The third-order valence-electron chi connectivity index (χ3n) is 4.58. The van der Waals surface area contributed by atoms with Gasteiger partial charge in [-0.05, 0) is 49.2 Å². The molecule has 1 aromatic carbocycles. The number of carbonyl (C=O) groups is 2. The molecule has 2 amide bonds. The first-order valence-electron chi connectivity index (χ1n) is 9.30. The highest BCUT2D eigenvalue weighted by atomic mass is 16.5. The number of nitrogens with one attached hydrogen (secondary N) is 1. The van der Waals surface area contributed by atoms with Crippen LogP contribution in [0.25, 0.3) is 0 Å². The van der Waals surface area contributed by atoms with Gasteiger partial charge in [0.2, 0.25) is 5.91 Å². The Morgan fingerprint density at radius 2 is 2.00 bits per heavy atom. The minimum atomic E-state index is -0.225. The molecule has 2 rings (SSSR count). The highest BCUT2D eigenvalue weighted by molar-refractivity contribution is 5.93. The van der Waals surface area contributed by atoms with Gasteiger partial charge in [-0.2, -0.15) is 0 Å². The number of hydrogen-bond acceptors (Lipinski definition) is 5. The maximum Gasteiger partial charge on any atom is 0.290 e. The van der Waals surface area contributed by atoms with Gasteiger partial charge >= 0.3 is 0 Å². The Labute approximate surface area is 166 Å². The second kappa shape index (κ2) is 9.94. The second-order valence-electron chi connectivity index (χ2n) is 6.89. The minimum absolute atomic E-state index is 0.0132. The third kappa shape index (κ3) is 5.36. The van der Waals surface area contributed by atoms with Crippen molar-refractivity contribution in [2.45, 2.75) is 32.9 Å². The highest BCUT2D eigenvalue weighted by Gasteiger charge is 2.24. The van der Waals surface area contributed by atoms with Gasteiger partial charge in [0.1, 0.15) is 6.61 Å². The van der Waals surface area contributed by atoms with E-state index < -0.39 is 0 Å². The number of nitrogens with zero attached hydrogens (tertiary/aromatic N) is 2. The molecule has 28 heavy (non-hydrogen) atoms. The summed E-state index contributed by atoms with van der Waals surface area (Å²) in [5, 5.41) is 2.82. The standard InChI is InChI=1S/C21H29N3O4/c1-6-15(2)24(21(26)19-8-7-11-28-19)13-16-12-17(22-20(25)14-27-5)9-10-18(16)23(3)4/h7-12,15H,6,13-14H2,1-5H3,(H,22,25)/t15-/m0/s1. The van der Waals surface area contributed by atoms with Crippen LogP contribution in [0.2, 0.25) is 0 Å². The van der Waals surface area contributed by atoms with Gasteiger partial charge in [-0.15, -0.1) is 0 Å². The zero-order valence-corrected chi connectivity index (χ0v) is 17.2. The zero-order valence-electron chi connectivity index (χ0n) is 17.2. The maximum absolute atomic E-state index is 13.0. The monoisotopic (exact) mass is 387 g/mol. The first-order chi connectivity index (χ1) is 13.4. The molecule has 2 aromatic rings. The minimum Gasteiger partial charge on any atom is -0.459 e. The Morgan fingerprint density at radius 1 is 1.25 bits per heavy atom. The molecular weight excluding hydrogens is 358 g/mol. The average molecular weight is 387 g/mol. The highest BCUT2D eigenvalue weighted by Crippen LogP contribution is 2.26. The van der Waals surface area contributed by atoms with E-state index in [-0.39, 0.29) is 24.5 Å². The van der Waals surface area contributed by atoms with Crippen LogP contribution >= 0.6 is 0 Å². The lowest BCUT2D eigenvalue weighted by molar-refractivity contribution is -0.119. The third-order valence-corrected chi connectivity index (χ3v) is 4.58. The van der Waals surface area contributed by atoms with Gasteiger partial charge in [-0.3, -0.25) is 9.59 Å². The SMILES string of the molecule is CC[C@H](C)N(Cc1cc(NC(=O)COC)ccc1N(C)C)C(=O)c1ccco1. The van der Waals surface area contributed by atoms with Gasteiger partial charge in [-0.1, -0.05) is 6.92 Å². The molecule has 0 aliphatic rings. The fourth-order valence-electron chi connectivity index (χ4n) is 2.93. The lowest BCUT2D eigenvalue weighted by Gasteiger charge is -2.30. The van der Waals surface area contributed by atoms with E-state index in [4.69, 9.17) is 9.15 Å². The fourth-order valence-corrected chi connectivity index (χ4v) is 2.93. The van der Waals surface area contributed by atoms with Crippen LogP contribution in [0.1, 0.15) is 36.4 Å². The Balaban J connectivity index is 2.35. The summed E-state index contributed by atoms with van der Waals surface area (Å²) in [5.41, 5.74) is 2.57. The van der Waals surface area contributed by atoms with Crippen LogP contribution in [0.5, 0.6) is 0 Å². The van der Waals surface area contributed by atoms with Gasteiger partial charge in [0.15, 0.2) is 5.76 Å². The van der Waals surface area contributed by atoms with Crippen molar-refractivity contribution in [2.24, 2.45) is 0 Å². The van der Waals surface area contributed by atoms with Crippen molar-refractivity contribution in [3.05, 3.63) is 47.9 Å². The normalized spacial score (nSPS) is 11.8. The van der Waals surface area contributed by atoms with E-state index in [0.717, 1.165) is 17.7 Å².